The van der Waals surface area contributed by atoms with Crippen molar-refractivity contribution < 1.29 is 4.79 Å². The van der Waals surface area contributed by atoms with Crippen LogP contribution < -0.4 is 10.6 Å². The van der Waals surface area contributed by atoms with E-state index in [4.69, 9.17) is 0 Å². The van der Waals surface area contributed by atoms with E-state index in [1.807, 2.05) is 6.92 Å². The molecule has 0 aromatic carbocycles. The van der Waals surface area contributed by atoms with E-state index in [0.29, 0.717) is 13.1 Å². The highest BCUT2D eigenvalue weighted by Gasteiger charge is 2.26. The zero-order valence-electron chi connectivity index (χ0n) is 9.88. The van der Waals surface area contributed by atoms with Crippen molar-refractivity contribution >= 4 is 5.91 Å². The standard InChI is InChI=1S/C11H23N3O/c1-3-13-11(15)9-12-7-8-14(4-2)10-5-6-10/h10,12H,3-9H2,1-2H3,(H,13,15). The highest BCUT2D eigenvalue weighted by atomic mass is 16.1. The molecule has 15 heavy (non-hydrogen) atoms. The van der Waals surface area contributed by atoms with Crippen LogP contribution in [0.3, 0.4) is 0 Å². The Kier molecular flexibility index (Phi) is 5.65. The molecule has 1 saturated carbocycles. The van der Waals surface area contributed by atoms with Gasteiger partial charge in [-0.2, -0.15) is 0 Å². The number of amides is 1. The average molecular weight is 213 g/mol. The molecule has 88 valence electrons. The number of carbonyl (C=O) groups is 1. The molecule has 1 fully saturated rings. The summed E-state index contributed by atoms with van der Waals surface area (Å²) in [6.45, 7) is 8.36. The van der Waals surface area contributed by atoms with Crippen LogP contribution in [0.2, 0.25) is 0 Å². The van der Waals surface area contributed by atoms with Crippen LogP contribution in [-0.4, -0.2) is 49.6 Å². The Morgan fingerprint density at radius 3 is 2.67 bits per heavy atom. The van der Waals surface area contributed by atoms with Crippen LogP contribution in [0.5, 0.6) is 0 Å². The van der Waals surface area contributed by atoms with Gasteiger partial charge in [-0.15, -0.1) is 0 Å². The lowest BCUT2D eigenvalue weighted by atomic mass is 10.4. The molecule has 0 aromatic rings. The summed E-state index contributed by atoms with van der Waals surface area (Å²) >= 11 is 0. The Balaban J connectivity index is 1.97. The Labute approximate surface area is 92.4 Å². The fourth-order valence-corrected chi connectivity index (χ4v) is 1.72. The lowest BCUT2D eigenvalue weighted by Crippen LogP contribution is -2.38. The lowest BCUT2D eigenvalue weighted by molar-refractivity contribution is -0.120. The topological polar surface area (TPSA) is 44.4 Å². The summed E-state index contributed by atoms with van der Waals surface area (Å²) in [4.78, 5) is 13.6. The van der Waals surface area contributed by atoms with Crippen molar-refractivity contribution in [3.8, 4) is 0 Å². The Morgan fingerprint density at radius 2 is 2.13 bits per heavy atom. The van der Waals surface area contributed by atoms with Crippen molar-refractivity contribution in [3.63, 3.8) is 0 Å². The summed E-state index contributed by atoms with van der Waals surface area (Å²) in [5, 5.41) is 5.93. The van der Waals surface area contributed by atoms with E-state index in [0.717, 1.165) is 25.7 Å². The van der Waals surface area contributed by atoms with E-state index >= 15 is 0 Å². The highest BCUT2D eigenvalue weighted by Crippen LogP contribution is 2.25. The third-order valence-electron chi connectivity index (χ3n) is 2.70. The van der Waals surface area contributed by atoms with Gasteiger partial charge in [-0.1, -0.05) is 6.92 Å². The second kappa shape index (κ2) is 6.80. The van der Waals surface area contributed by atoms with E-state index in [1.165, 1.54) is 12.8 Å². The van der Waals surface area contributed by atoms with Gasteiger partial charge in [0.05, 0.1) is 6.54 Å². The quantitative estimate of drug-likeness (QED) is 0.566. The number of hydrogen-bond donors (Lipinski definition) is 2. The van der Waals surface area contributed by atoms with Crippen molar-refractivity contribution in [1.82, 2.24) is 15.5 Å². The highest BCUT2D eigenvalue weighted by molar-refractivity contribution is 5.77. The molecule has 1 aliphatic carbocycles. The Hall–Kier alpha value is -0.610. The molecule has 0 saturated heterocycles. The second-order valence-corrected chi connectivity index (χ2v) is 3.99. The van der Waals surface area contributed by atoms with Gasteiger partial charge in [-0.3, -0.25) is 9.69 Å². The van der Waals surface area contributed by atoms with Crippen molar-refractivity contribution in [3.05, 3.63) is 0 Å². The number of nitrogens with zero attached hydrogens (tertiary/aromatic N) is 1. The third-order valence-corrected chi connectivity index (χ3v) is 2.70. The molecule has 4 nitrogen and oxygen atoms in total. The normalized spacial score (nSPS) is 15.7. The summed E-state index contributed by atoms with van der Waals surface area (Å²) in [5.74, 6) is 0.0898. The van der Waals surface area contributed by atoms with Crippen molar-refractivity contribution in [2.45, 2.75) is 32.7 Å². The monoisotopic (exact) mass is 213 g/mol. The van der Waals surface area contributed by atoms with Crippen LogP contribution in [0.4, 0.5) is 0 Å². The van der Waals surface area contributed by atoms with Crippen LogP contribution in [0.25, 0.3) is 0 Å². The van der Waals surface area contributed by atoms with Crippen LogP contribution >= 0.6 is 0 Å². The largest absolute Gasteiger partial charge is 0.355 e. The van der Waals surface area contributed by atoms with Crippen molar-refractivity contribution in [1.29, 1.82) is 0 Å². The SMILES string of the molecule is CCNC(=O)CNCCN(CC)C1CC1. The number of hydrogen-bond acceptors (Lipinski definition) is 3. The summed E-state index contributed by atoms with van der Waals surface area (Å²) in [5.41, 5.74) is 0. The summed E-state index contributed by atoms with van der Waals surface area (Å²) in [7, 11) is 0. The van der Waals surface area contributed by atoms with E-state index in [-0.39, 0.29) is 5.91 Å². The lowest BCUT2D eigenvalue weighted by Gasteiger charge is -2.19. The van der Waals surface area contributed by atoms with Crippen LogP contribution in [0, 0.1) is 0 Å². The molecule has 1 aliphatic rings. The zero-order valence-corrected chi connectivity index (χ0v) is 9.88. The van der Waals surface area contributed by atoms with Crippen molar-refractivity contribution in [2.24, 2.45) is 0 Å². The van der Waals surface area contributed by atoms with Crippen LogP contribution in [0.15, 0.2) is 0 Å². The number of nitrogens with one attached hydrogen (secondary N) is 2. The molecule has 0 unspecified atom stereocenters. The van der Waals surface area contributed by atoms with E-state index in [9.17, 15) is 4.79 Å². The minimum atomic E-state index is 0.0898. The minimum Gasteiger partial charge on any atom is -0.355 e. The predicted octanol–water partition coefficient (Wildman–Crippen LogP) is 0.196. The first kappa shape index (κ1) is 12.5. The van der Waals surface area contributed by atoms with Gasteiger partial charge < -0.3 is 10.6 Å². The molecule has 1 rings (SSSR count). The maximum atomic E-state index is 11.1. The molecule has 4 heteroatoms. The smallest absolute Gasteiger partial charge is 0.233 e. The fraction of sp³-hybridized carbons (Fsp3) is 0.909. The molecule has 0 spiro atoms. The van der Waals surface area contributed by atoms with Crippen molar-refractivity contribution in [2.75, 3.05) is 32.7 Å². The van der Waals surface area contributed by atoms with Gasteiger partial charge in [-0.25, -0.2) is 0 Å². The van der Waals surface area contributed by atoms with E-state index in [2.05, 4.69) is 22.5 Å². The first-order valence-electron chi connectivity index (χ1n) is 5.99. The summed E-state index contributed by atoms with van der Waals surface area (Å²) < 4.78 is 0. The Morgan fingerprint density at radius 1 is 1.40 bits per heavy atom. The first-order valence-corrected chi connectivity index (χ1v) is 5.99. The van der Waals surface area contributed by atoms with Crippen LogP contribution in [-0.2, 0) is 4.79 Å². The van der Waals surface area contributed by atoms with Gasteiger partial charge in [0.15, 0.2) is 0 Å². The fourth-order valence-electron chi connectivity index (χ4n) is 1.72. The number of carbonyl (C=O) groups excluding carboxylic acids is 1. The number of likely N-dealkylation sites (N-methyl/N-ethyl adjacent to an activating group) is 2. The predicted molar refractivity (Wildman–Crippen MR) is 61.8 cm³/mol. The van der Waals surface area contributed by atoms with Gasteiger partial charge in [-0.05, 0) is 26.3 Å². The van der Waals surface area contributed by atoms with Gasteiger partial charge >= 0.3 is 0 Å². The van der Waals surface area contributed by atoms with E-state index < -0.39 is 0 Å². The first-order chi connectivity index (χ1) is 7.27. The summed E-state index contributed by atoms with van der Waals surface area (Å²) in [6.07, 6.45) is 2.70. The molecule has 0 bridgehead atoms. The molecular formula is C11H23N3O. The van der Waals surface area contributed by atoms with Gasteiger partial charge in [0.2, 0.25) is 5.91 Å². The van der Waals surface area contributed by atoms with Gasteiger partial charge in [0, 0.05) is 25.7 Å². The second-order valence-electron chi connectivity index (χ2n) is 3.99. The van der Waals surface area contributed by atoms with Crippen LogP contribution in [0.1, 0.15) is 26.7 Å². The maximum Gasteiger partial charge on any atom is 0.233 e. The zero-order chi connectivity index (χ0) is 11.1. The molecule has 0 aromatic heterocycles. The number of rotatable bonds is 8. The summed E-state index contributed by atoms with van der Waals surface area (Å²) in [6, 6.07) is 0.821. The molecule has 0 aliphatic heterocycles. The molecule has 0 atom stereocenters. The average Bonchev–Trinajstić information content (AvgIpc) is 3.02. The maximum absolute atomic E-state index is 11.1. The van der Waals surface area contributed by atoms with Gasteiger partial charge in [0.25, 0.3) is 0 Å². The Bertz CT molecular complexity index is 192. The molecule has 1 amide bonds. The molecule has 0 heterocycles. The molecule has 2 N–H and O–H groups in total. The molecular weight excluding hydrogens is 190 g/mol. The molecule has 0 radical (unpaired) electrons. The minimum absolute atomic E-state index is 0.0898. The van der Waals surface area contributed by atoms with E-state index in [1.54, 1.807) is 0 Å². The van der Waals surface area contributed by atoms with Gasteiger partial charge in [0.1, 0.15) is 0 Å². The third kappa shape index (κ3) is 5.14.